The number of carbonyl (C=O) groups is 2. The number of morpholine rings is 1. The predicted octanol–water partition coefficient (Wildman–Crippen LogP) is 1.50. The Morgan fingerprint density at radius 1 is 1.06 bits per heavy atom. The molecule has 2 aliphatic heterocycles. The summed E-state index contributed by atoms with van der Waals surface area (Å²) in [5.41, 5.74) is 1.68. The lowest BCUT2D eigenvalue weighted by molar-refractivity contribution is -0.152. The maximum absolute atomic E-state index is 12.7. The van der Waals surface area contributed by atoms with E-state index in [0.717, 1.165) is 18.8 Å². The van der Waals surface area contributed by atoms with Gasteiger partial charge in [-0.25, -0.2) is 8.42 Å². The molecule has 34 heavy (non-hydrogen) atoms. The van der Waals surface area contributed by atoms with E-state index in [-0.39, 0.29) is 18.0 Å². The topological polar surface area (TPSA) is 118 Å². The lowest BCUT2D eigenvalue weighted by atomic mass is 9.98. The molecule has 2 fully saturated rings. The van der Waals surface area contributed by atoms with Crippen LogP contribution in [0.15, 0.2) is 53.7 Å². The smallest absolute Gasteiger partial charge is 0.309 e. The van der Waals surface area contributed by atoms with Crippen LogP contribution in [0.2, 0.25) is 0 Å². The quantitative estimate of drug-likeness (QED) is 0.583. The molecule has 4 rings (SSSR count). The minimum absolute atomic E-state index is 0.130. The van der Waals surface area contributed by atoms with E-state index in [1.807, 2.05) is 24.3 Å². The summed E-state index contributed by atoms with van der Waals surface area (Å²) in [4.78, 5) is 30.8. The monoisotopic (exact) mass is 488 g/mol. The predicted molar refractivity (Wildman–Crippen MR) is 125 cm³/mol. The molecule has 0 saturated carbocycles. The zero-order valence-electron chi connectivity index (χ0n) is 18.8. The Bertz CT molecular complexity index is 1080. The molecule has 0 spiro atoms. The highest BCUT2D eigenvalue weighted by Gasteiger charge is 2.33. The first-order valence-corrected chi connectivity index (χ1v) is 12.7. The first-order valence-electron chi connectivity index (χ1n) is 11.2. The van der Waals surface area contributed by atoms with Crippen LogP contribution >= 0.6 is 0 Å². The number of rotatable bonds is 7. The Labute approximate surface area is 198 Å². The van der Waals surface area contributed by atoms with Gasteiger partial charge in [-0.05, 0) is 49.2 Å². The van der Waals surface area contributed by atoms with Crippen molar-refractivity contribution in [2.24, 2.45) is 5.92 Å². The molecule has 1 aromatic carbocycles. The molecule has 0 unspecified atom stereocenters. The van der Waals surface area contributed by atoms with E-state index in [1.54, 1.807) is 6.07 Å². The van der Waals surface area contributed by atoms with Crippen molar-refractivity contribution in [3.05, 3.63) is 48.8 Å². The molecule has 0 atom stereocenters. The number of hydrogen-bond donors (Lipinski definition) is 1. The van der Waals surface area contributed by atoms with Crippen LogP contribution in [-0.4, -0.2) is 75.6 Å². The summed E-state index contributed by atoms with van der Waals surface area (Å²) in [6, 6.07) is 10.5. The second-order valence-corrected chi connectivity index (χ2v) is 10.1. The number of nitrogens with one attached hydrogen (secondary N) is 1. The molecule has 11 heteroatoms. The van der Waals surface area contributed by atoms with Gasteiger partial charge in [-0.15, -0.1) is 0 Å². The molecule has 182 valence electrons. The van der Waals surface area contributed by atoms with Gasteiger partial charge in [0.05, 0.1) is 19.1 Å². The van der Waals surface area contributed by atoms with Gasteiger partial charge in [0, 0.05) is 49.9 Å². The third kappa shape index (κ3) is 5.91. The summed E-state index contributed by atoms with van der Waals surface area (Å²) in [5.74, 6) is -1.36. The van der Waals surface area contributed by atoms with Crippen molar-refractivity contribution in [1.82, 2.24) is 9.29 Å². The summed E-state index contributed by atoms with van der Waals surface area (Å²) in [7, 11) is -3.64. The number of hydrogen-bond acceptors (Lipinski definition) is 8. The molecule has 2 aromatic rings. The average molecular weight is 489 g/mol. The highest BCUT2D eigenvalue weighted by atomic mass is 32.2. The van der Waals surface area contributed by atoms with Crippen molar-refractivity contribution in [3.8, 4) is 0 Å². The van der Waals surface area contributed by atoms with E-state index >= 15 is 0 Å². The second-order valence-electron chi connectivity index (χ2n) is 8.17. The number of sulfonamides is 1. The summed E-state index contributed by atoms with van der Waals surface area (Å²) in [6.45, 7) is 3.08. The van der Waals surface area contributed by atoms with Crippen molar-refractivity contribution < 1.29 is 27.5 Å². The van der Waals surface area contributed by atoms with Crippen LogP contribution in [0.3, 0.4) is 0 Å². The Morgan fingerprint density at radius 2 is 1.76 bits per heavy atom. The number of benzene rings is 1. The summed E-state index contributed by atoms with van der Waals surface area (Å²) in [5, 5.41) is 2.72. The standard InChI is InChI=1S/C23H28N4O6S/c28-22(25-19-3-5-20(6-4-19)26-12-14-32-15-13-26)17-33-23(29)18-7-10-27(11-8-18)34(30,31)21-2-1-9-24-16-21/h1-6,9,16,18H,7-8,10-15,17H2,(H,25,28). The maximum atomic E-state index is 12.7. The van der Waals surface area contributed by atoms with E-state index in [4.69, 9.17) is 9.47 Å². The lowest BCUT2D eigenvalue weighted by Crippen LogP contribution is -2.41. The van der Waals surface area contributed by atoms with Crippen molar-refractivity contribution in [1.29, 1.82) is 0 Å². The van der Waals surface area contributed by atoms with Gasteiger partial charge in [-0.3, -0.25) is 14.6 Å². The molecular formula is C23H28N4O6S. The third-order valence-electron chi connectivity index (χ3n) is 5.93. The number of esters is 1. The van der Waals surface area contributed by atoms with Crippen LogP contribution in [0.25, 0.3) is 0 Å². The molecule has 1 N–H and O–H groups in total. The summed E-state index contributed by atoms with van der Waals surface area (Å²) < 4.78 is 37.2. The minimum Gasteiger partial charge on any atom is -0.455 e. The van der Waals surface area contributed by atoms with Crippen molar-refractivity contribution in [3.63, 3.8) is 0 Å². The number of piperidine rings is 1. The first-order chi connectivity index (χ1) is 16.4. The molecule has 0 bridgehead atoms. The zero-order valence-corrected chi connectivity index (χ0v) is 19.6. The molecular weight excluding hydrogens is 460 g/mol. The number of nitrogens with zero attached hydrogens (tertiary/aromatic N) is 3. The Balaban J connectivity index is 1.21. The molecule has 2 aliphatic rings. The van der Waals surface area contributed by atoms with Gasteiger partial charge in [0.25, 0.3) is 5.91 Å². The van der Waals surface area contributed by atoms with E-state index in [0.29, 0.717) is 31.7 Å². The number of ether oxygens (including phenoxy) is 2. The Kier molecular flexibility index (Phi) is 7.76. The largest absolute Gasteiger partial charge is 0.455 e. The van der Waals surface area contributed by atoms with E-state index in [9.17, 15) is 18.0 Å². The number of anilines is 2. The molecule has 1 amide bonds. The number of carbonyl (C=O) groups excluding carboxylic acids is 2. The van der Waals surface area contributed by atoms with Gasteiger partial charge in [0.1, 0.15) is 4.90 Å². The fourth-order valence-electron chi connectivity index (χ4n) is 4.01. The van der Waals surface area contributed by atoms with Gasteiger partial charge in [-0.1, -0.05) is 0 Å². The Morgan fingerprint density at radius 3 is 2.41 bits per heavy atom. The molecule has 10 nitrogen and oxygen atoms in total. The molecule has 1 aromatic heterocycles. The molecule has 2 saturated heterocycles. The third-order valence-corrected chi connectivity index (χ3v) is 7.81. The van der Waals surface area contributed by atoms with Crippen LogP contribution in [-0.2, 0) is 29.1 Å². The normalized spacial score (nSPS) is 17.8. The van der Waals surface area contributed by atoms with Crippen molar-refractivity contribution in [2.45, 2.75) is 17.7 Å². The fourth-order valence-corrected chi connectivity index (χ4v) is 5.44. The fraction of sp³-hybridized carbons (Fsp3) is 0.435. The van der Waals surface area contributed by atoms with Gasteiger partial charge in [0.2, 0.25) is 10.0 Å². The van der Waals surface area contributed by atoms with Crippen LogP contribution in [0.1, 0.15) is 12.8 Å². The van der Waals surface area contributed by atoms with E-state index in [2.05, 4.69) is 15.2 Å². The highest BCUT2D eigenvalue weighted by Crippen LogP contribution is 2.24. The first kappa shape index (κ1) is 24.1. The SMILES string of the molecule is O=C(COC(=O)C1CCN(S(=O)(=O)c2cccnc2)CC1)Nc1ccc(N2CCOCC2)cc1. The molecule has 0 aliphatic carbocycles. The van der Waals surface area contributed by atoms with Gasteiger partial charge in [0.15, 0.2) is 6.61 Å². The molecule has 0 radical (unpaired) electrons. The Hall–Kier alpha value is -3.02. The average Bonchev–Trinajstić information content (AvgIpc) is 2.89. The summed E-state index contributed by atoms with van der Waals surface area (Å²) in [6.07, 6.45) is 3.49. The molecule has 3 heterocycles. The lowest BCUT2D eigenvalue weighted by Gasteiger charge is -2.30. The van der Waals surface area contributed by atoms with Crippen LogP contribution < -0.4 is 10.2 Å². The van der Waals surface area contributed by atoms with Gasteiger partial charge < -0.3 is 19.7 Å². The number of aromatic nitrogens is 1. The van der Waals surface area contributed by atoms with Crippen LogP contribution in [0, 0.1) is 5.92 Å². The van der Waals surface area contributed by atoms with Crippen molar-refractivity contribution in [2.75, 3.05) is 56.2 Å². The number of amides is 1. The van der Waals surface area contributed by atoms with Crippen LogP contribution in [0.4, 0.5) is 11.4 Å². The zero-order chi connectivity index (χ0) is 24.0. The minimum atomic E-state index is -3.64. The van der Waals surface area contributed by atoms with Crippen LogP contribution in [0.5, 0.6) is 0 Å². The van der Waals surface area contributed by atoms with Gasteiger partial charge in [-0.2, -0.15) is 4.31 Å². The number of pyridine rings is 1. The van der Waals surface area contributed by atoms with Crippen molar-refractivity contribution >= 4 is 33.3 Å². The summed E-state index contributed by atoms with van der Waals surface area (Å²) >= 11 is 0. The van der Waals surface area contributed by atoms with Gasteiger partial charge >= 0.3 is 5.97 Å². The highest BCUT2D eigenvalue weighted by molar-refractivity contribution is 7.89. The van der Waals surface area contributed by atoms with E-state index in [1.165, 1.54) is 22.8 Å². The van der Waals surface area contributed by atoms with E-state index < -0.39 is 34.4 Å². The maximum Gasteiger partial charge on any atom is 0.309 e. The second kappa shape index (κ2) is 10.9.